The molecule has 0 fully saturated rings. The molecule has 1 atom stereocenters. The average molecular weight is 378 g/mol. The number of allylic oxidation sites excluding steroid dienone is 2. The Morgan fingerprint density at radius 1 is 1.38 bits per heavy atom. The van der Waals surface area contributed by atoms with Gasteiger partial charge in [0.05, 0.1) is 29.5 Å². The quantitative estimate of drug-likeness (QED) is 0.739. The summed E-state index contributed by atoms with van der Waals surface area (Å²) in [6, 6.07) is 7.17. The Hall–Kier alpha value is -2.47. The standard InChI is InChI=1S/C19H20ClNO5/c1-4-9-24-19(23)26-17-11(2)21(3)14-10-25-18(22)16(14)15(17)12-7-5-6-8-13(12)20/h5-8,15H,4,9-10H2,1-3H3. The monoisotopic (exact) mass is 377 g/mol. The van der Waals surface area contributed by atoms with E-state index in [-0.39, 0.29) is 13.2 Å². The van der Waals surface area contributed by atoms with Crippen molar-refractivity contribution in [2.45, 2.75) is 26.2 Å². The molecule has 0 spiro atoms. The first kappa shape index (κ1) is 18.3. The molecule has 26 heavy (non-hydrogen) atoms. The third kappa shape index (κ3) is 3.17. The van der Waals surface area contributed by atoms with Gasteiger partial charge < -0.3 is 19.1 Å². The number of benzene rings is 1. The molecule has 1 unspecified atom stereocenters. The van der Waals surface area contributed by atoms with Crippen LogP contribution in [-0.4, -0.2) is 37.3 Å². The van der Waals surface area contributed by atoms with Crippen LogP contribution < -0.4 is 0 Å². The summed E-state index contributed by atoms with van der Waals surface area (Å²) in [5, 5.41) is 0.476. The predicted molar refractivity (Wildman–Crippen MR) is 95.4 cm³/mol. The van der Waals surface area contributed by atoms with Crippen molar-refractivity contribution in [3.05, 3.63) is 57.6 Å². The minimum atomic E-state index is -0.804. The maximum absolute atomic E-state index is 12.4. The molecule has 7 heteroatoms. The second kappa shape index (κ2) is 7.41. The van der Waals surface area contributed by atoms with Crippen LogP contribution in [0.25, 0.3) is 0 Å². The highest BCUT2D eigenvalue weighted by molar-refractivity contribution is 6.31. The fourth-order valence-electron chi connectivity index (χ4n) is 3.12. The van der Waals surface area contributed by atoms with Crippen LogP contribution in [-0.2, 0) is 19.0 Å². The molecule has 0 radical (unpaired) electrons. The van der Waals surface area contributed by atoms with E-state index in [0.717, 1.165) is 5.70 Å². The lowest BCUT2D eigenvalue weighted by atomic mass is 9.85. The van der Waals surface area contributed by atoms with Gasteiger partial charge in [-0.1, -0.05) is 36.7 Å². The summed E-state index contributed by atoms with van der Waals surface area (Å²) < 4.78 is 15.8. The van der Waals surface area contributed by atoms with Crippen molar-refractivity contribution in [2.24, 2.45) is 0 Å². The second-order valence-electron chi connectivity index (χ2n) is 6.10. The van der Waals surface area contributed by atoms with E-state index in [1.807, 2.05) is 26.0 Å². The summed E-state index contributed by atoms with van der Waals surface area (Å²) in [5.74, 6) is -0.745. The Morgan fingerprint density at radius 3 is 2.81 bits per heavy atom. The molecule has 0 bridgehead atoms. The number of carbonyl (C=O) groups excluding carboxylic acids is 2. The third-order valence-electron chi connectivity index (χ3n) is 4.52. The van der Waals surface area contributed by atoms with Crippen molar-refractivity contribution < 1.29 is 23.8 Å². The maximum Gasteiger partial charge on any atom is 0.513 e. The van der Waals surface area contributed by atoms with Crippen molar-refractivity contribution >= 4 is 23.7 Å². The van der Waals surface area contributed by atoms with Crippen LogP contribution in [0.3, 0.4) is 0 Å². The highest BCUT2D eigenvalue weighted by Crippen LogP contribution is 2.46. The molecular weight excluding hydrogens is 358 g/mol. The lowest BCUT2D eigenvalue weighted by molar-refractivity contribution is -0.136. The highest BCUT2D eigenvalue weighted by Gasteiger charge is 2.43. The number of hydrogen-bond acceptors (Lipinski definition) is 6. The zero-order valence-corrected chi connectivity index (χ0v) is 15.6. The number of carbonyl (C=O) groups is 2. The summed E-state index contributed by atoms with van der Waals surface area (Å²) in [7, 11) is 1.80. The van der Waals surface area contributed by atoms with E-state index >= 15 is 0 Å². The summed E-state index contributed by atoms with van der Waals surface area (Å²) in [4.78, 5) is 26.3. The number of nitrogens with zero attached hydrogens (tertiary/aromatic N) is 1. The average Bonchev–Trinajstić information content (AvgIpc) is 3.00. The molecule has 1 aromatic rings. The fraction of sp³-hybridized carbons (Fsp3) is 0.368. The SMILES string of the molecule is CCCOC(=O)OC1=C(C)N(C)C2=C(C(=O)OC2)C1c1ccccc1Cl. The molecule has 0 saturated carbocycles. The normalized spacial score (nSPS) is 19.5. The van der Waals surface area contributed by atoms with E-state index in [1.165, 1.54) is 0 Å². The largest absolute Gasteiger partial charge is 0.513 e. The summed E-state index contributed by atoms with van der Waals surface area (Å²) in [6.45, 7) is 4.15. The van der Waals surface area contributed by atoms with Gasteiger partial charge in [0.15, 0.2) is 0 Å². The fourth-order valence-corrected chi connectivity index (χ4v) is 3.37. The first-order chi connectivity index (χ1) is 12.5. The van der Waals surface area contributed by atoms with Crippen molar-refractivity contribution in [2.75, 3.05) is 20.3 Å². The third-order valence-corrected chi connectivity index (χ3v) is 4.86. The topological polar surface area (TPSA) is 65.1 Å². The molecule has 1 aromatic carbocycles. The molecule has 0 saturated heterocycles. The van der Waals surface area contributed by atoms with Gasteiger partial charge >= 0.3 is 12.1 Å². The minimum absolute atomic E-state index is 0.177. The number of ether oxygens (including phenoxy) is 3. The summed E-state index contributed by atoms with van der Waals surface area (Å²) in [5.41, 5.74) is 2.54. The lowest BCUT2D eigenvalue weighted by Gasteiger charge is -2.33. The van der Waals surface area contributed by atoms with Crippen molar-refractivity contribution in [1.29, 1.82) is 0 Å². The lowest BCUT2D eigenvalue weighted by Crippen LogP contribution is -2.30. The zero-order valence-electron chi connectivity index (χ0n) is 14.9. The van der Waals surface area contributed by atoms with Gasteiger partial charge in [-0.15, -0.1) is 0 Å². The minimum Gasteiger partial charge on any atom is -0.456 e. The molecule has 3 rings (SSSR count). The number of hydrogen-bond donors (Lipinski definition) is 0. The zero-order chi connectivity index (χ0) is 18.8. The molecule has 2 aliphatic rings. The number of cyclic esters (lactones) is 1. The Morgan fingerprint density at radius 2 is 2.12 bits per heavy atom. The second-order valence-corrected chi connectivity index (χ2v) is 6.51. The molecule has 0 aromatic heterocycles. The van der Waals surface area contributed by atoms with Crippen LogP contribution in [0.5, 0.6) is 0 Å². The van der Waals surface area contributed by atoms with E-state index in [9.17, 15) is 9.59 Å². The Bertz CT molecular complexity index is 814. The number of rotatable bonds is 4. The van der Waals surface area contributed by atoms with Gasteiger partial charge in [0, 0.05) is 12.1 Å². The number of esters is 1. The Labute approximate surface area is 157 Å². The van der Waals surface area contributed by atoms with Crippen LogP contribution in [0, 0.1) is 0 Å². The van der Waals surface area contributed by atoms with E-state index in [4.69, 9.17) is 25.8 Å². The van der Waals surface area contributed by atoms with E-state index in [2.05, 4.69) is 0 Å². The molecule has 6 nitrogen and oxygen atoms in total. The first-order valence-corrected chi connectivity index (χ1v) is 8.77. The van der Waals surface area contributed by atoms with E-state index in [0.29, 0.717) is 34.0 Å². The molecule has 2 aliphatic heterocycles. The van der Waals surface area contributed by atoms with Gasteiger partial charge in [0.25, 0.3) is 0 Å². The van der Waals surface area contributed by atoms with Gasteiger partial charge in [-0.3, -0.25) is 0 Å². The molecule has 0 aliphatic carbocycles. The van der Waals surface area contributed by atoms with E-state index in [1.54, 1.807) is 24.1 Å². The van der Waals surface area contributed by atoms with Gasteiger partial charge in [-0.2, -0.15) is 0 Å². The smallest absolute Gasteiger partial charge is 0.456 e. The van der Waals surface area contributed by atoms with Crippen LogP contribution >= 0.6 is 11.6 Å². The van der Waals surface area contributed by atoms with E-state index < -0.39 is 18.0 Å². The van der Waals surface area contributed by atoms with Gasteiger partial charge in [-0.25, -0.2) is 9.59 Å². The summed E-state index contributed by atoms with van der Waals surface area (Å²) in [6.07, 6.45) is -0.121. The van der Waals surface area contributed by atoms with Gasteiger partial charge in [-0.05, 0) is 25.0 Å². The molecule has 138 valence electrons. The number of halogens is 1. The van der Waals surface area contributed by atoms with Crippen LogP contribution in [0.2, 0.25) is 5.02 Å². The maximum atomic E-state index is 12.4. The van der Waals surface area contributed by atoms with Crippen molar-refractivity contribution in [3.63, 3.8) is 0 Å². The van der Waals surface area contributed by atoms with Crippen molar-refractivity contribution in [1.82, 2.24) is 4.90 Å². The molecule has 0 N–H and O–H groups in total. The Kier molecular flexibility index (Phi) is 5.23. The van der Waals surface area contributed by atoms with Gasteiger partial charge in [0.1, 0.15) is 12.4 Å². The molecule has 2 heterocycles. The number of likely N-dealkylation sites (N-methyl/N-ethyl adjacent to an activating group) is 1. The predicted octanol–water partition coefficient (Wildman–Crippen LogP) is 3.97. The highest BCUT2D eigenvalue weighted by atomic mass is 35.5. The van der Waals surface area contributed by atoms with Crippen LogP contribution in [0.1, 0.15) is 31.7 Å². The van der Waals surface area contributed by atoms with Crippen LogP contribution in [0.4, 0.5) is 4.79 Å². The van der Waals surface area contributed by atoms with Gasteiger partial charge in [0.2, 0.25) is 0 Å². The Balaban J connectivity index is 2.08. The van der Waals surface area contributed by atoms with Crippen molar-refractivity contribution in [3.8, 4) is 0 Å². The first-order valence-electron chi connectivity index (χ1n) is 8.39. The summed E-state index contributed by atoms with van der Waals surface area (Å²) >= 11 is 6.38. The molecular formula is C19H20ClNO5. The molecule has 0 amide bonds. The van der Waals surface area contributed by atoms with Crippen LogP contribution in [0.15, 0.2) is 47.0 Å².